The number of nitrogens with one attached hydrogen (secondary N) is 2. The van der Waals surface area contributed by atoms with E-state index in [-0.39, 0.29) is 78.4 Å². The van der Waals surface area contributed by atoms with Crippen molar-refractivity contribution in [1.29, 1.82) is 0 Å². The van der Waals surface area contributed by atoms with Crippen LogP contribution in [0.4, 0.5) is 0 Å². The first-order valence-corrected chi connectivity index (χ1v) is 28.8. The number of nitrogens with zero attached hydrogens (tertiary/aromatic N) is 11. The van der Waals surface area contributed by atoms with Crippen molar-refractivity contribution in [2.75, 3.05) is 33.0 Å². The first-order valence-electron chi connectivity index (χ1n) is 28.8. The Balaban J connectivity index is 1.12. The van der Waals surface area contributed by atoms with Crippen LogP contribution in [0.15, 0.2) is 18.6 Å². The number of carbonyl (C=O) groups is 6. The number of hydrogen-bond donors (Lipinski definition) is 17. The molecule has 0 bridgehead atoms. The van der Waals surface area contributed by atoms with E-state index in [9.17, 15) is 105 Å². The van der Waals surface area contributed by atoms with E-state index in [4.69, 9.17) is 28.4 Å². The summed E-state index contributed by atoms with van der Waals surface area (Å²) in [6, 6.07) is -4.20. The smallest absolute Gasteiger partial charge is 0.364 e. The van der Waals surface area contributed by atoms with Crippen LogP contribution in [0.2, 0.25) is 0 Å². The predicted octanol–water partition coefficient (Wildman–Crippen LogP) is -9.02. The van der Waals surface area contributed by atoms with Gasteiger partial charge in [0.05, 0.1) is 92.7 Å². The molecule has 17 atom stereocenters. The van der Waals surface area contributed by atoms with Crippen LogP contribution in [-0.4, -0.2) is 309 Å². The summed E-state index contributed by atoms with van der Waals surface area (Å²) in [6.07, 6.45) is -19.2. The summed E-state index contributed by atoms with van der Waals surface area (Å²) in [6.45, 7) is 2.10. The lowest BCUT2D eigenvalue weighted by atomic mass is 9.88. The molecule has 3 fully saturated rings. The van der Waals surface area contributed by atoms with Crippen molar-refractivity contribution in [2.24, 2.45) is 0 Å². The van der Waals surface area contributed by atoms with Gasteiger partial charge in [-0.3, -0.25) is 33.3 Å². The number of aryl methyl sites for hydroxylation is 3. The van der Waals surface area contributed by atoms with Gasteiger partial charge in [0.1, 0.15) is 36.6 Å². The molecule has 512 valence electrons. The highest BCUT2D eigenvalue weighted by Crippen LogP contribution is 2.37. The Bertz CT molecular complexity index is 2750. The Hall–Kier alpha value is -6.52. The average Bonchev–Trinajstić information content (AvgIpc) is 1.57. The summed E-state index contributed by atoms with van der Waals surface area (Å²) in [5, 5.41) is 184. The molecule has 0 radical (unpaired) electrons. The van der Waals surface area contributed by atoms with Crippen LogP contribution in [0.25, 0.3) is 0 Å². The maximum Gasteiger partial charge on any atom is 0.364 e. The van der Waals surface area contributed by atoms with Gasteiger partial charge in [0, 0.05) is 97.9 Å². The van der Waals surface area contributed by atoms with Crippen LogP contribution in [0, 0.1) is 0 Å². The molecule has 3 saturated heterocycles. The number of aliphatic hydroxyl groups is 12. The van der Waals surface area contributed by atoms with Gasteiger partial charge in [-0.1, -0.05) is 15.6 Å². The SMILES string of the molecule is CC(=O)N[C@@H]1C(O)C[C@](OCCCn2cc(CN(Cc3cn(CCCO[C@@]4(C(=O)O)CC(O)[C@H](NC(C)=O)C(C(O)C(O)CO)O4)nn3)Cc3cn(CCCO[C@]4(C(=O)O)CC(O)[C@@H](N(C(C)=O)C(O)C(O)O)C(C)O4)nn3)nn2)(C(=O)O)OC1C(O)C(O)CO. The lowest BCUT2D eigenvalue weighted by Gasteiger charge is -2.48. The fourth-order valence-electron chi connectivity index (χ4n) is 10.9. The van der Waals surface area contributed by atoms with E-state index in [2.05, 4.69) is 41.6 Å². The molecule has 40 nitrogen and oxygen atoms in total. The molecule has 0 spiro atoms. The summed E-state index contributed by atoms with van der Waals surface area (Å²) in [4.78, 5) is 76.5. The zero-order valence-corrected chi connectivity index (χ0v) is 49.9. The third-order valence-electron chi connectivity index (χ3n) is 15.2. The third kappa shape index (κ3) is 18.6. The molecule has 3 aromatic heterocycles. The average molecular weight is 1310 g/mol. The van der Waals surface area contributed by atoms with Gasteiger partial charge >= 0.3 is 17.9 Å². The topological polar surface area (TPSA) is 584 Å². The molecule has 6 rings (SSSR count). The molecule has 0 saturated carbocycles. The number of ether oxygens (including phenoxy) is 6. The molecule has 40 heteroatoms. The molecule has 11 unspecified atom stereocenters. The Morgan fingerprint density at radius 2 is 0.923 bits per heavy atom. The molecule has 6 heterocycles. The van der Waals surface area contributed by atoms with Crippen LogP contribution >= 0.6 is 0 Å². The summed E-state index contributed by atoms with van der Waals surface area (Å²) in [7, 11) is 0. The zero-order chi connectivity index (χ0) is 67.3. The first kappa shape index (κ1) is 73.5. The van der Waals surface area contributed by atoms with Crippen molar-refractivity contribution in [3.63, 3.8) is 0 Å². The lowest BCUT2D eigenvalue weighted by Crippen LogP contribution is -2.67. The second-order valence-electron chi connectivity index (χ2n) is 22.3. The van der Waals surface area contributed by atoms with E-state index in [1.807, 2.05) is 4.90 Å². The van der Waals surface area contributed by atoms with Crippen LogP contribution in [-0.2, 0) is 96.5 Å². The largest absolute Gasteiger partial charge is 0.477 e. The minimum atomic E-state index is -2.57. The molecule has 0 aliphatic carbocycles. The Labute approximate surface area is 517 Å². The fourth-order valence-corrected chi connectivity index (χ4v) is 10.9. The predicted molar refractivity (Wildman–Crippen MR) is 292 cm³/mol. The van der Waals surface area contributed by atoms with Crippen molar-refractivity contribution in [1.82, 2.24) is 65.4 Å². The van der Waals surface area contributed by atoms with Crippen LogP contribution in [0.1, 0.15) is 83.3 Å². The van der Waals surface area contributed by atoms with E-state index in [1.165, 1.54) is 21.0 Å². The number of aromatic nitrogens is 9. The number of amides is 3. The highest BCUT2D eigenvalue weighted by atomic mass is 16.7. The van der Waals surface area contributed by atoms with Crippen molar-refractivity contribution >= 4 is 35.6 Å². The van der Waals surface area contributed by atoms with Crippen molar-refractivity contribution in [3.8, 4) is 0 Å². The van der Waals surface area contributed by atoms with Gasteiger partial charge in [-0.2, -0.15) is 0 Å². The Morgan fingerprint density at radius 3 is 1.22 bits per heavy atom. The highest BCUT2D eigenvalue weighted by molar-refractivity contribution is 5.78. The van der Waals surface area contributed by atoms with E-state index < -0.39 is 177 Å². The van der Waals surface area contributed by atoms with Crippen LogP contribution < -0.4 is 10.6 Å². The molecule has 3 aromatic rings. The number of rotatable bonds is 35. The van der Waals surface area contributed by atoms with Crippen molar-refractivity contribution < 1.29 is 134 Å². The Morgan fingerprint density at radius 1 is 0.582 bits per heavy atom. The highest BCUT2D eigenvalue weighted by Gasteiger charge is 2.58. The number of aliphatic hydroxyl groups excluding tert-OH is 11. The molecular formula is C51H81N13O27. The van der Waals surface area contributed by atoms with Crippen molar-refractivity contribution in [2.45, 2.75) is 215 Å². The minimum absolute atomic E-state index is 0.0632. The van der Waals surface area contributed by atoms with Crippen LogP contribution in [0.3, 0.4) is 0 Å². The minimum Gasteiger partial charge on any atom is -0.477 e. The summed E-state index contributed by atoms with van der Waals surface area (Å²) >= 11 is 0. The second-order valence-corrected chi connectivity index (χ2v) is 22.3. The van der Waals surface area contributed by atoms with E-state index in [0.29, 0.717) is 22.0 Å². The number of carboxylic acid groups (broad SMARTS) is 3. The summed E-state index contributed by atoms with van der Waals surface area (Å²) in [5.41, 5.74) is 1.19. The molecule has 0 aromatic carbocycles. The molecule has 3 amide bonds. The van der Waals surface area contributed by atoms with E-state index in [0.717, 1.165) is 20.8 Å². The molecule has 17 N–H and O–H groups in total. The monoisotopic (exact) mass is 1310 g/mol. The molecular weight excluding hydrogens is 1230 g/mol. The first-order chi connectivity index (χ1) is 42.9. The van der Waals surface area contributed by atoms with E-state index in [1.54, 1.807) is 18.6 Å². The Kier molecular flexibility index (Phi) is 26.1. The van der Waals surface area contributed by atoms with Gasteiger partial charge in [0.25, 0.3) is 17.4 Å². The number of hydrogen-bond acceptors (Lipinski definition) is 31. The quantitative estimate of drug-likeness (QED) is 0.0192. The van der Waals surface area contributed by atoms with E-state index >= 15 is 0 Å². The van der Waals surface area contributed by atoms with Gasteiger partial charge in [0.15, 0.2) is 12.5 Å². The third-order valence-corrected chi connectivity index (χ3v) is 15.2. The number of aliphatic carboxylic acids is 3. The molecule has 91 heavy (non-hydrogen) atoms. The second kappa shape index (κ2) is 32.4. The fraction of sp³-hybridized carbons (Fsp3) is 0.765. The zero-order valence-electron chi connectivity index (χ0n) is 49.9. The van der Waals surface area contributed by atoms with Gasteiger partial charge in [-0.05, 0) is 26.2 Å². The van der Waals surface area contributed by atoms with Gasteiger partial charge in [-0.15, -0.1) is 15.3 Å². The van der Waals surface area contributed by atoms with Crippen molar-refractivity contribution in [3.05, 3.63) is 35.7 Å². The summed E-state index contributed by atoms with van der Waals surface area (Å²) < 4.78 is 38.5. The number of carbonyl (C=O) groups excluding carboxylic acids is 3. The van der Waals surface area contributed by atoms with Gasteiger partial charge in [-0.25, -0.2) is 14.4 Å². The molecule has 3 aliphatic rings. The maximum atomic E-state index is 12.6. The van der Waals surface area contributed by atoms with Crippen LogP contribution in [0.5, 0.6) is 0 Å². The number of carboxylic acids is 3. The van der Waals surface area contributed by atoms with Gasteiger partial charge in [0.2, 0.25) is 17.7 Å². The molecule has 3 aliphatic heterocycles. The lowest BCUT2D eigenvalue weighted by molar-refractivity contribution is -0.311. The van der Waals surface area contributed by atoms with Gasteiger partial charge < -0.3 is 121 Å². The summed E-state index contributed by atoms with van der Waals surface area (Å²) in [5.74, 6) is -14.8. The normalized spacial score (nSPS) is 28.7. The standard InChI is InChI=1S/C51H81N13O27/c1-25-39(64(28(4)69)44(77)45(78)79)34(72)16-49(89-25,46(80)81)86-11-5-8-61-20-29(54-57-61)17-60(18-30-21-62(58-55-30)9-6-12-87-50(47(82)83)14-32(70)37(52-26(2)67)42(90-50)40(75)35(73)23-65)19-31-22-63(59-56-31)10-7-13-88-51(48(84)85)15-33(71)38(53-27(3)68)43(91-51)41(76)36(74)24-66/h20-22,25,32-45,65-66,70-79H,5-19,23-24H2,1-4H3,(H,52,67)(H,53,68)(H,80,81)(H,82,83)(H,84,85)/t25?,32?,33?,34?,35?,36?,37-,38+,39-,40?,41?,42?,43?,44?,49+,50-,51+/m0/s1. The maximum absolute atomic E-state index is 12.6.